The fourth-order valence-electron chi connectivity index (χ4n) is 0.577. The van der Waals surface area contributed by atoms with Crippen LogP contribution in [0.2, 0.25) is 0 Å². The van der Waals surface area contributed by atoms with E-state index in [-0.39, 0.29) is 6.42 Å². The largest absolute Gasteiger partial charge is 0.469 e. The zero-order valence-electron chi connectivity index (χ0n) is 7.42. The van der Waals surface area contributed by atoms with Crippen molar-refractivity contribution in [2.75, 3.05) is 13.7 Å². The van der Waals surface area contributed by atoms with Gasteiger partial charge in [0.15, 0.2) is 0 Å². The molecular weight excluding hydrogens is 186 g/mol. The molecule has 0 amide bonds. The van der Waals surface area contributed by atoms with Crippen LogP contribution in [0.15, 0.2) is 0 Å². The number of carbonyl (C=O) groups is 1. The number of ether oxygens (including phenoxy) is 2. The first-order valence-electron chi connectivity index (χ1n) is 3.62. The molecule has 0 heterocycles. The summed E-state index contributed by atoms with van der Waals surface area (Å²) in [5.41, 5.74) is 0. The number of halogens is 2. The molecule has 4 nitrogen and oxygen atoms in total. The van der Waals surface area contributed by atoms with E-state index in [4.69, 9.17) is 5.11 Å². The van der Waals surface area contributed by atoms with Crippen LogP contribution in [0, 0.1) is 0 Å². The molecule has 0 aromatic rings. The van der Waals surface area contributed by atoms with E-state index in [1.54, 1.807) is 0 Å². The van der Waals surface area contributed by atoms with E-state index in [9.17, 15) is 13.6 Å². The van der Waals surface area contributed by atoms with Crippen molar-refractivity contribution in [3.05, 3.63) is 0 Å². The molecule has 0 fully saturated rings. The third-order valence-corrected chi connectivity index (χ3v) is 1.16. The van der Waals surface area contributed by atoms with Crippen LogP contribution in [0.1, 0.15) is 13.3 Å². The molecule has 0 bridgehead atoms. The van der Waals surface area contributed by atoms with Crippen molar-refractivity contribution in [3.63, 3.8) is 0 Å². The number of aliphatic hydroxyl groups is 1. The number of alkyl halides is 2. The normalized spacial score (nSPS) is 13.9. The Labute approximate surface area is 74.4 Å². The van der Waals surface area contributed by atoms with E-state index in [0.717, 1.165) is 7.11 Å². The molecule has 78 valence electrons. The Morgan fingerprint density at radius 1 is 1.62 bits per heavy atom. The first-order chi connectivity index (χ1) is 5.85. The second-order valence-corrected chi connectivity index (χ2v) is 2.55. The second-order valence-electron chi connectivity index (χ2n) is 2.55. The van der Waals surface area contributed by atoms with Crippen molar-refractivity contribution in [2.24, 2.45) is 0 Å². The topological polar surface area (TPSA) is 55.8 Å². The fourth-order valence-corrected chi connectivity index (χ4v) is 0.577. The summed E-state index contributed by atoms with van der Waals surface area (Å²) >= 11 is 0. The smallest absolute Gasteiger partial charge is 0.353 e. The first kappa shape index (κ1) is 12.2. The van der Waals surface area contributed by atoms with Gasteiger partial charge in [-0.15, -0.1) is 0 Å². The van der Waals surface area contributed by atoms with Crippen LogP contribution in [-0.4, -0.2) is 37.0 Å². The number of hydrogen-bond donors (Lipinski definition) is 1. The molecule has 0 aromatic heterocycles. The molecule has 1 atom stereocenters. The minimum absolute atomic E-state index is 0.355. The number of hydrogen-bond acceptors (Lipinski definition) is 4. The van der Waals surface area contributed by atoms with Crippen LogP contribution in [0.25, 0.3) is 0 Å². The summed E-state index contributed by atoms with van der Waals surface area (Å²) in [5, 5.41) is 8.95. The number of carbonyl (C=O) groups excluding carboxylic acids is 1. The third-order valence-electron chi connectivity index (χ3n) is 1.16. The van der Waals surface area contributed by atoms with Gasteiger partial charge in [-0.3, -0.25) is 4.79 Å². The van der Waals surface area contributed by atoms with Crippen molar-refractivity contribution < 1.29 is 28.2 Å². The van der Waals surface area contributed by atoms with Gasteiger partial charge in [-0.1, -0.05) is 0 Å². The van der Waals surface area contributed by atoms with Gasteiger partial charge >= 0.3 is 12.1 Å². The average Bonchev–Trinajstić information content (AvgIpc) is 1.99. The van der Waals surface area contributed by atoms with Crippen LogP contribution < -0.4 is 0 Å². The summed E-state index contributed by atoms with van der Waals surface area (Å²) in [4.78, 5) is 10.5. The van der Waals surface area contributed by atoms with Gasteiger partial charge in [0.2, 0.25) is 0 Å². The van der Waals surface area contributed by atoms with Crippen LogP contribution in [-0.2, 0) is 14.3 Å². The quantitative estimate of drug-likeness (QED) is 0.655. The Balaban J connectivity index is 3.63. The monoisotopic (exact) mass is 198 g/mol. The van der Waals surface area contributed by atoms with Crippen molar-refractivity contribution in [2.45, 2.75) is 25.6 Å². The molecule has 0 rings (SSSR count). The predicted molar refractivity (Wildman–Crippen MR) is 39.2 cm³/mol. The minimum atomic E-state index is -3.29. The summed E-state index contributed by atoms with van der Waals surface area (Å²) < 4.78 is 32.3. The predicted octanol–water partition coefficient (Wildman–Crippen LogP) is 0.540. The summed E-state index contributed by atoms with van der Waals surface area (Å²) in [6, 6.07) is 0. The second kappa shape index (κ2) is 5.08. The van der Waals surface area contributed by atoms with Crippen molar-refractivity contribution in [3.8, 4) is 0 Å². The Morgan fingerprint density at radius 2 is 2.15 bits per heavy atom. The Morgan fingerprint density at radius 3 is 2.54 bits per heavy atom. The molecule has 0 aliphatic heterocycles. The molecule has 0 saturated carbocycles. The van der Waals surface area contributed by atoms with Crippen LogP contribution in [0.3, 0.4) is 0 Å². The van der Waals surface area contributed by atoms with E-state index in [1.807, 2.05) is 0 Å². The van der Waals surface area contributed by atoms with E-state index in [2.05, 4.69) is 9.47 Å². The Bertz CT molecular complexity index is 166. The zero-order valence-corrected chi connectivity index (χ0v) is 7.42. The van der Waals surface area contributed by atoms with Gasteiger partial charge in [-0.05, 0) is 0 Å². The number of rotatable bonds is 5. The lowest BCUT2D eigenvalue weighted by molar-refractivity contribution is -0.235. The lowest BCUT2D eigenvalue weighted by atomic mass is 10.3. The molecule has 0 aliphatic rings. The van der Waals surface area contributed by atoms with Crippen LogP contribution >= 0.6 is 0 Å². The third kappa shape index (κ3) is 7.61. The summed E-state index contributed by atoms with van der Waals surface area (Å²) in [7, 11) is 1.14. The molecule has 1 unspecified atom stereocenters. The van der Waals surface area contributed by atoms with Gasteiger partial charge in [0.25, 0.3) is 0 Å². The number of methoxy groups -OCH3 is 1. The van der Waals surface area contributed by atoms with Crippen molar-refractivity contribution >= 4 is 5.97 Å². The first-order valence-corrected chi connectivity index (χ1v) is 3.62. The summed E-state index contributed by atoms with van der Waals surface area (Å²) in [5.74, 6) is -0.671. The highest BCUT2D eigenvalue weighted by molar-refractivity contribution is 5.69. The van der Waals surface area contributed by atoms with Gasteiger partial charge in [-0.25, -0.2) is 0 Å². The van der Waals surface area contributed by atoms with Gasteiger partial charge in [-0.2, -0.15) is 8.78 Å². The standard InChI is InChI=1S/C7H12F2O4/c1-7(8,9)13-4-5(10)3-6(11)12-2/h5,10H,3-4H2,1-2H3. The Kier molecular flexibility index (Phi) is 4.79. The Hall–Kier alpha value is -0.750. The summed E-state index contributed by atoms with van der Waals surface area (Å²) in [6.07, 6.45) is -4.91. The highest BCUT2D eigenvalue weighted by Gasteiger charge is 2.23. The number of aliphatic hydroxyl groups excluding tert-OH is 1. The van der Waals surface area contributed by atoms with E-state index < -0.39 is 24.8 Å². The van der Waals surface area contributed by atoms with Crippen LogP contribution in [0.4, 0.5) is 8.78 Å². The fraction of sp³-hybridized carbons (Fsp3) is 0.857. The molecule has 0 spiro atoms. The molecule has 0 saturated heterocycles. The maximum atomic E-state index is 12.1. The minimum Gasteiger partial charge on any atom is -0.469 e. The van der Waals surface area contributed by atoms with E-state index in [0.29, 0.717) is 6.92 Å². The molecule has 13 heavy (non-hydrogen) atoms. The highest BCUT2D eigenvalue weighted by atomic mass is 19.3. The molecule has 0 aliphatic carbocycles. The van der Waals surface area contributed by atoms with Crippen LogP contribution in [0.5, 0.6) is 0 Å². The van der Waals surface area contributed by atoms with Gasteiger partial charge < -0.3 is 14.6 Å². The molecule has 6 heteroatoms. The molecule has 0 radical (unpaired) electrons. The summed E-state index contributed by atoms with van der Waals surface area (Å²) in [6.45, 7) is -0.0452. The maximum absolute atomic E-state index is 12.1. The molecule has 0 aromatic carbocycles. The van der Waals surface area contributed by atoms with E-state index in [1.165, 1.54) is 0 Å². The lowest BCUT2D eigenvalue weighted by Crippen LogP contribution is -2.26. The van der Waals surface area contributed by atoms with Gasteiger partial charge in [0, 0.05) is 6.92 Å². The SMILES string of the molecule is COC(=O)CC(O)COC(C)(F)F. The maximum Gasteiger partial charge on any atom is 0.353 e. The molecule has 1 N–H and O–H groups in total. The van der Waals surface area contributed by atoms with E-state index >= 15 is 0 Å². The van der Waals surface area contributed by atoms with Crippen molar-refractivity contribution in [1.82, 2.24) is 0 Å². The number of esters is 1. The van der Waals surface area contributed by atoms with Crippen molar-refractivity contribution in [1.29, 1.82) is 0 Å². The van der Waals surface area contributed by atoms with Gasteiger partial charge in [0.05, 0.1) is 26.2 Å². The zero-order chi connectivity index (χ0) is 10.5. The highest BCUT2D eigenvalue weighted by Crippen LogP contribution is 2.13. The molecular formula is C7H12F2O4. The van der Waals surface area contributed by atoms with Gasteiger partial charge in [0.1, 0.15) is 0 Å². The average molecular weight is 198 g/mol. The lowest BCUT2D eigenvalue weighted by Gasteiger charge is -2.14.